The molecule has 0 N–H and O–H groups in total. The van der Waals surface area contributed by atoms with Gasteiger partial charge in [0.25, 0.3) is 0 Å². The van der Waals surface area contributed by atoms with E-state index in [9.17, 15) is 4.79 Å². The second-order valence-corrected chi connectivity index (χ2v) is 3.31. The summed E-state index contributed by atoms with van der Waals surface area (Å²) < 4.78 is 0. The number of hydrogen-bond acceptors (Lipinski definition) is 1. The standard InChI is InChI=1S/C12H10.C3H6O/c1-3-7-11(8-4-1)12-9-5-2-6-10-12;1-2-3-4/h1-10H;3H,2H2,1H3. The van der Waals surface area contributed by atoms with Gasteiger partial charge >= 0.3 is 0 Å². The Morgan fingerprint density at radius 2 is 1.12 bits per heavy atom. The molecule has 0 spiro atoms. The first-order chi connectivity index (χ1) is 7.88. The lowest BCUT2D eigenvalue weighted by atomic mass is 10.1. The molecule has 0 aliphatic rings. The van der Waals surface area contributed by atoms with E-state index in [1.807, 2.05) is 19.1 Å². The third kappa shape index (κ3) is 4.09. The van der Waals surface area contributed by atoms with Gasteiger partial charge < -0.3 is 4.79 Å². The maximum Gasteiger partial charge on any atom is 0.119 e. The number of hydrogen-bond donors (Lipinski definition) is 0. The zero-order chi connectivity index (χ0) is 11.6. The maximum absolute atomic E-state index is 9.17. The largest absolute Gasteiger partial charge is 0.303 e. The molecule has 2 aromatic rings. The van der Waals surface area contributed by atoms with Gasteiger partial charge in [-0.2, -0.15) is 0 Å². The predicted octanol–water partition coefficient (Wildman–Crippen LogP) is 3.95. The van der Waals surface area contributed by atoms with Gasteiger partial charge in [0.1, 0.15) is 6.29 Å². The van der Waals surface area contributed by atoms with Gasteiger partial charge in [0.05, 0.1) is 0 Å². The van der Waals surface area contributed by atoms with E-state index in [2.05, 4.69) is 48.5 Å². The first kappa shape index (κ1) is 12.2. The Kier molecular flexibility index (Phi) is 5.64. The van der Waals surface area contributed by atoms with Crippen molar-refractivity contribution in [1.82, 2.24) is 0 Å². The van der Waals surface area contributed by atoms with E-state index in [1.165, 1.54) is 11.1 Å². The SMILES string of the molecule is CCC=O.c1ccc(-c2ccccc2)cc1. The smallest absolute Gasteiger partial charge is 0.119 e. The molecule has 0 saturated carbocycles. The summed E-state index contributed by atoms with van der Waals surface area (Å²) in [6.07, 6.45) is 1.51. The fourth-order valence-electron chi connectivity index (χ4n) is 1.26. The van der Waals surface area contributed by atoms with Gasteiger partial charge in [0, 0.05) is 6.42 Å². The molecule has 0 bridgehead atoms. The van der Waals surface area contributed by atoms with E-state index in [1.54, 1.807) is 0 Å². The molecule has 2 aromatic carbocycles. The second kappa shape index (κ2) is 7.41. The average Bonchev–Trinajstić information content (AvgIpc) is 2.41. The molecular weight excluding hydrogens is 196 g/mol. The summed E-state index contributed by atoms with van der Waals surface area (Å²) in [5.41, 5.74) is 2.55. The Morgan fingerprint density at radius 3 is 1.38 bits per heavy atom. The van der Waals surface area contributed by atoms with Crippen LogP contribution in [-0.2, 0) is 4.79 Å². The Bertz CT molecular complexity index is 355. The van der Waals surface area contributed by atoms with E-state index in [-0.39, 0.29) is 0 Å². The molecule has 0 atom stereocenters. The highest BCUT2D eigenvalue weighted by Crippen LogP contribution is 2.17. The second-order valence-electron chi connectivity index (χ2n) is 3.31. The molecule has 2 rings (SSSR count). The molecule has 1 heteroatoms. The molecule has 16 heavy (non-hydrogen) atoms. The summed E-state index contributed by atoms with van der Waals surface area (Å²) in [5, 5.41) is 0. The van der Waals surface area contributed by atoms with Crippen LogP contribution in [0.25, 0.3) is 11.1 Å². The van der Waals surface area contributed by atoms with E-state index in [0.29, 0.717) is 6.42 Å². The number of benzene rings is 2. The monoisotopic (exact) mass is 212 g/mol. The van der Waals surface area contributed by atoms with Crippen LogP contribution in [0.5, 0.6) is 0 Å². The lowest BCUT2D eigenvalue weighted by Gasteiger charge is -1.98. The zero-order valence-electron chi connectivity index (χ0n) is 9.47. The molecule has 0 fully saturated rings. The Balaban J connectivity index is 0.000000280. The van der Waals surface area contributed by atoms with Crippen LogP contribution in [-0.4, -0.2) is 6.29 Å². The first-order valence-electron chi connectivity index (χ1n) is 5.42. The van der Waals surface area contributed by atoms with Gasteiger partial charge in [-0.25, -0.2) is 0 Å². The van der Waals surface area contributed by atoms with E-state index in [4.69, 9.17) is 0 Å². The molecule has 0 radical (unpaired) electrons. The van der Waals surface area contributed by atoms with Crippen molar-refractivity contribution in [2.24, 2.45) is 0 Å². The fourth-order valence-corrected chi connectivity index (χ4v) is 1.26. The van der Waals surface area contributed by atoms with Crippen LogP contribution in [0.3, 0.4) is 0 Å². The lowest BCUT2D eigenvalue weighted by molar-refractivity contribution is -0.107. The third-order valence-corrected chi connectivity index (χ3v) is 2.05. The molecule has 82 valence electrons. The van der Waals surface area contributed by atoms with Crippen LogP contribution < -0.4 is 0 Å². The molecule has 0 heterocycles. The minimum absolute atomic E-state index is 0.639. The molecule has 0 aromatic heterocycles. The van der Waals surface area contributed by atoms with E-state index >= 15 is 0 Å². The molecule has 1 nitrogen and oxygen atoms in total. The van der Waals surface area contributed by atoms with Gasteiger partial charge in [0.2, 0.25) is 0 Å². The summed E-state index contributed by atoms with van der Waals surface area (Å²) in [6, 6.07) is 20.8. The summed E-state index contributed by atoms with van der Waals surface area (Å²) in [4.78, 5) is 9.17. The van der Waals surface area contributed by atoms with Crippen LogP contribution in [0.2, 0.25) is 0 Å². The number of carbonyl (C=O) groups excluding carboxylic acids is 1. The van der Waals surface area contributed by atoms with Crippen LogP contribution in [0, 0.1) is 0 Å². The predicted molar refractivity (Wildman–Crippen MR) is 68.2 cm³/mol. The Labute approximate surface area is 96.8 Å². The van der Waals surface area contributed by atoms with Gasteiger partial charge in [0.15, 0.2) is 0 Å². The van der Waals surface area contributed by atoms with Crippen molar-refractivity contribution in [3.63, 3.8) is 0 Å². The van der Waals surface area contributed by atoms with Gasteiger partial charge in [-0.1, -0.05) is 67.6 Å². The van der Waals surface area contributed by atoms with Gasteiger partial charge in [-0.05, 0) is 11.1 Å². The van der Waals surface area contributed by atoms with Crippen LogP contribution in [0.15, 0.2) is 60.7 Å². The van der Waals surface area contributed by atoms with Crippen molar-refractivity contribution >= 4 is 6.29 Å². The summed E-state index contributed by atoms with van der Waals surface area (Å²) in [7, 11) is 0. The van der Waals surface area contributed by atoms with Crippen LogP contribution in [0.4, 0.5) is 0 Å². The fraction of sp³-hybridized carbons (Fsp3) is 0.133. The maximum atomic E-state index is 9.17. The van der Waals surface area contributed by atoms with Crippen molar-refractivity contribution in [2.45, 2.75) is 13.3 Å². The summed E-state index contributed by atoms with van der Waals surface area (Å²) in [6.45, 7) is 1.81. The molecule has 0 unspecified atom stereocenters. The van der Waals surface area contributed by atoms with Crippen molar-refractivity contribution in [3.8, 4) is 11.1 Å². The van der Waals surface area contributed by atoms with Crippen molar-refractivity contribution in [3.05, 3.63) is 60.7 Å². The normalized spacial score (nSPS) is 8.81. The van der Waals surface area contributed by atoms with E-state index < -0.39 is 0 Å². The van der Waals surface area contributed by atoms with Gasteiger partial charge in [-0.3, -0.25) is 0 Å². The van der Waals surface area contributed by atoms with Crippen molar-refractivity contribution < 1.29 is 4.79 Å². The Hall–Kier alpha value is -1.89. The minimum Gasteiger partial charge on any atom is -0.303 e. The zero-order valence-corrected chi connectivity index (χ0v) is 9.47. The Morgan fingerprint density at radius 1 is 0.812 bits per heavy atom. The van der Waals surface area contributed by atoms with Crippen molar-refractivity contribution in [1.29, 1.82) is 0 Å². The van der Waals surface area contributed by atoms with Crippen molar-refractivity contribution in [2.75, 3.05) is 0 Å². The number of aldehydes is 1. The molecule has 0 amide bonds. The molecule has 0 saturated heterocycles. The highest BCUT2D eigenvalue weighted by atomic mass is 16.1. The summed E-state index contributed by atoms with van der Waals surface area (Å²) in [5.74, 6) is 0. The number of carbonyl (C=O) groups is 1. The topological polar surface area (TPSA) is 17.1 Å². The quantitative estimate of drug-likeness (QED) is 0.689. The highest BCUT2D eigenvalue weighted by molar-refractivity contribution is 5.62. The third-order valence-electron chi connectivity index (χ3n) is 2.05. The van der Waals surface area contributed by atoms with Crippen LogP contribution in [0.1, 0.15) is 13.3 Å². The van der Waals surface area contributed by atoms with Crippen LogP contribution >= 0.6 is 0 Å². The molecule has 0 aliphatic carbocycles. The molecular formula is C15H16O. The number of rotatable bonds is 2. The van der Waals surface area contributed by atoms with E-state index in [0.717, 1.165) is 6.29 Å². The molecule has 0 aliphatic heterocycles. The minimum atomic E-state index is 0.639. The van der Waals surface area contributed by atoms with Gasteiger partial charge in [-0.15, -0.1) is 0 Å². The lowest BCUT2D eigenvalue weighted by Crippen LogP contribution is -1.73. The highest BCUT2D eigenvalue weighted by Gasteiger charge is 1.91. The average molecular weight is 212 g/mol. The summed E-state index contributed by atoms with van der Waals surface area (Å²) >= 11 is 0. The first-order valence-corrected chi connectivity index (χ1v) is 5.42.